The number of halogens is 4. The number of hydrogen-bond acceptors (Lipinski definition) is 5. The van der Waals surface area contributed by atoms with Gasteiger partial charge in [-0.05, 0) is 53.5 Å². The van der Waals surface area contributed by atoms with Crippen molar-refractivity contribution < 1.29 is 22.7 Å². The number of fused-ring (bicyclic) bond motifs is 1. The fraction of sp³-hybridized carbons (Fsp3) is 0.263. The monoisotopic (exact) mass is 496 g/mol. The maximum absolute atomic E-state index is 13.9. The molecule has 1 unspecified atom stereocenters. The van der Waals surface area contributed by atoms with Crippen LogP contribution in [0, 0.1) is 0 Å². The second-order valence-electron chi connectivity index (χ2n) is 7.36. The molecule has 3 aromatic rings. The Kier molecular flexibility index (Phi) is 4.91. The zero-order valence-corrected chi connectivity index (χ0v) is 17.8. The van der Waals surface area contributed by atoms with Crippen molar-refractivity contribution in [3.8, 4) is 11.6 Å². The molecule has 12 heteroatoms. The summed E-state index contributed by atoms with van der Waals surface area (Å²) < 4.78 is 48.3. The van der Waals surface area contributed by atoms with Crippen molar-refractivity contribution in [3.63, 3.8) is 0 Å². The van der Waals surface area contributed by atoms with Gasteiger partial charge in [0.1, 0.15) is 17.2 Å². The third kappa shape index (κ3) is 3.60. The first-order valence-corrected chi connectivity index (χ1v) is 9.80. The number of rotatable bonds is 2. The molecule has 1 aliphatic rings. The Labute approximate surface area is 182 Å². The van der Waals surface area contributed by atoms with E-state index in [1.807, 2.05) is 0 Å². The third-order valence-corrected chi connectivity index (χ3v) is 5.47. The first-order chi connectivity index (χ1) is 14.5. The zero-order valence-electron chi connectivity index (χ0n) is 16.3. The fourth-order valence-corrected chi connectivity index (χ4v) is 4.11. The van der Waals surface area contributed by atoms with Gasteiger partial charge in [0.15, 0.2) is 11.6 Å². The summed E-state index contributed by atoms with van der Waals surface area (Å²) in [6, 6.07) is 4.09. The van der Waals surface area contributed by atoms with E-state index >= 15 is 0 Å². The summed E-state index contributed by atoms with van der Waals surface area (Å²) in [4.78, 5) is 18.4. The van der Waals surface area contributed by atoms with Crippen molar-refractivity contribution in [2.24, 2.45) is 5.73 Å². The molecule has 2 N–H and O–H groups in total. The van der Waals surface area contributed by atoms with E-state index in [0.717, 1.165) is 10.9 Å². The highest BCUT2D eigenvalue weighted by atomic mass is 79.9. The number of primary amides is 1. The van der Waals surface area contributed by atoms with Crippen LogP contribution >= 0.6 is 15.9 Å². The second-order valence-corrected chi connectivity index (χ2v) is 8.21. The molecule has 0 aliphatic carbocycles. The molecular weight excluding hydrogens is 481 g/mol. The first-order valence-electron chi connectivity index (χ1n) is 9.00. The molecule has 4 rings (SSSR count). The lowest BCUT2D eigenvalue weighted by molar-refractivity contribution is -0.138. The Morgan fingerprint density at radius 3 is 2.55 bits per heavy atom. The van der Waals surface area contributed by atoms with Crippen molar-refractivity contribution in [2.75, 3.05) is 4.90 Å². The molecule has 0 saturated heterocycles. The number of para-hydroxylation sites is 1. The molecule has 162 valence electrons. The smallest absolute Gasteiger partial charge is 0.420 e. The van der Waals surface area contributed by atoms with Crippen LogP contribution in [0.25, 0.3) is 5.82 Å². The molecule has 1 aliphatic heterocycles. The van der Waals surface area contributed by atoms with Crippen molar-refractivity contribution in [1.82, 2.24) is 20.0 Å². The highest BCUT2D eigenvalue weighted by molar-refractivity contribution is 9.10. The molecule has 0 radical (unpaired) electrons. The Morgan fingerprint density at radius 1 is 1.26 bits per heavy atom. The summed E-state index contributed by atoms with van der Waals surface area (Å²) in [5, 5.41) is 7.49. The fourth-order valence-electron chi connectivity index (χ4n) is 3.67. The van der Waals surface area contributed by atoms with Gasteiger partial charge in [0.25, 0.3) is 0 Å². The number of ether oxygens (including phenoxy) is 1. The van der Waals surface area contributed by atoms with Gasteiger partial charge in [0, 0.05) is 6.20 Å². The molecule has 2 aromatic heterocycles. The van der Waals surface area contributed by atoms with Crippen molar-refractivity contribution >= 4 is 27.6 Å². The first kappa shape index (κ1) is 21.1. The SMILES string of the molecule is CC1(C)Oc2c(Br)cccc2N(C(N)=O)C1c1cnc(-n2nccn2)c(C(F)(F)F)c1. The summed E-state index contributed by atoms with van der Waals surface area (Å²) in [6.07, 6.45) is -1.01. The van der Waals surface area contributed by atoms with E-state index in [1.54, 1.807) is 32.0 Å². The average molecular weight is 497 g/mol. The number of pyridine rings is 1. The molecule has 1 aromatic carbocycles. The van der Waals surface area contributed by atoms with Gasteiger partial charge < -0.3 is 10.5 Å². The van der Waals surface area contributed by atoms with Crippen LogP contribution in [-0.4, -0.2) is 31.6 Å². The Balaban J connectivity index is 1.92. The van der Waals surface area contributed by atoms with Crippen LogP contribution in [0.3, 0.4) is 0 Å². The van der Waals surface area contributed by atoms with Crippen LogP contribution in [0.2, 0.25) is 0 Å². The Bertz CT molecular complexity index is 1150. The molecule has 0 fully saturated rings. The van der Waals surface area contributed by atoms with E-state index in [1.165, 1.54) is 23.5 Å². The molecule has 3 heterocycles. The van der Waals surface area contributed by atoms with Crippen molar-refractivity contribution in [2.45, 2.75) is 31.7 Å². The zero-order chi connectivity index (χ0) is 22.6. The van der Waals surface area contributed by atoms with Gasteiger partial charge in [0.05, 0.1) is 22.6 Å². The van der Waals surface area contributed by atoms with Crippen LogP contribution in [0.5, 0.6) is 5.75 Å². The lowest BCUT2D eigenvalue weighted by Gasteiger charge is -2.46. The van der Waals surface area contributed by atoms with E-state index < -0.39 is 35.2 Å². The van der Waals surface area contributed by atoms with E-state index in [2.05, 4.69) is 31.1 Å². The molecule has 8 nitrogen and oxygen atoms in total. The van der Waals surface area contributed by atoms with Gasteiger partial charge in [-0.1, -0.05) is 6.07 Å². The number of hydrogen-bond donors (Lipinski definition) is 1. The van der Waals surface area contributed by atoms with Crippen LogP contribution in [-0.2, 0) is 6.18 Å². The molecule has 0 spiro atoms. The maximum Gasteiger partial charge on any atom is 0.420 e. The highest BCUT2D eigenvalue weighted by Crippen LogP contribution is 2.50. The summed E-state index contributed by atoms with van der Waals surface area (Å²) >= 11 is 3.37. The van der Waals surface area contributed by atoms with Gasteiger partial charge in [-0.3, -0.25) is 4.90 Å². The number of carbonyl (C=O) groups excluding carboxylic acids is 1. The molecule has 0 saturated carbocycles. The summed E-state index contributed by atoms with van der Waals surface area (Å²) in [5.41, 5.74) is 3.90. The average Bonchev–Trinajstić information content (AvgIpc) is 3.21. The predicted octanol–water partition coefficient (Wildman–Crippen LogP) is 4.24. The molecule has 0 bridgehead atoms. The standard InChI is InChI=1S/C19H16BrF3N6O2/c1-18(2)15(28(17(24)30)13-5-3-4-12(20)14(13)31-18)10-8-11(19(21,22)23)16(25-9-10)29-26-6-7-27-29/h3-9,15H,1-2H3,(H2,24,30). The number of alkyl halides is 3. The number of nitrogens with two attached hydrogens (primary N) is 1. The number of aromatic nitrogens is 4. The van der Waals surface area contributed by atoms with E-state index in [9.17, 15) is 18.0 Å². The van der Waals surface area contributed by atoms with Gasteiger partial charge in [-0.15, -0.1) is 4.80 Å². The molecule has 2 amide bonds. The number of amides is 2. The largest absolute Gasteiger partial charge is 0.482 e. The topological polar surface area (TPSA) is 99.2 Å². The normalized spacial score (nSPS) is 17.7. The minimum Gasteiger partial charge on any atom is -0.482 e. The highest BCUT2D eigenvalue weighted by Gasteiger charge is 2.47. The van der Waals surface area contributed by atoms with Crippen LogP contribution in [0.1, 0.15) is 31.0 Å². The van der Waals surface area contributed by atoms with Crippen LogP contribution in [0.15, 0.2) is 47.3 Å². The molecular formula is C19H16BrF3N6O2. The van der Waals surface area contributed by atoms with E-state index in [0.29, 0.717) is 15.9 Å². The van der Waals surface area contributed by atoms with Crippen molar-refractivity contribution in [1.29, 1.82) is 0 Å². The predicted molar refractivity (Wildman–Crippen MR) is 108 cm³/mol. The minimum atomic E-state index is -4.75. The van der Waals surface area contributed by atoms with Crippen LogP contribution in [0.4, 0.5) is 23.7 Å². The van der Waals surface area contributed by atoms with Gasteiger partial charge in [0.2, 0.25) is 0 Å². The Morgan fingerprint density at radius 2 is 1.94 bits per heavy atom. The number of nitrogens with zero attached hydrogens (tertiary/aromatic N) is 5. The lowest BCUT2D eigenvalue weighted by Crippen LogP contribution is -2.53. The minimum absolute atomic E-state index is 0.0951. The lowest BCUT2D eigenvalue weighted by atomic mass is 9.88. The second kappa shape index (κ2) is 7.22. The molecule has 1 atom stereocenters. The Hall–Kier alpha value is -3.15. The maximum atomic E-state index is 13.9. The molecule has 31 heavy (non-hydrogen) atoms. The third-order valence-electron chi connectivity index (χ3n) is 4.84. The van der Waals surface area contributed by atoms with Gasteiger partial charge >= 0.3 is 12.2 Å². The number of urea groups is 1. The summed E-state index contributed by atoms with van der Waals surface area (Å²) in [5.74, 6) is -0.117. The quantitative estimate of drug-likeness (QED) is 0.571. The summed E-state index contributed by atoms with van der Waals surface area (Å²) in [7, 11) is 0. The van der Waals surface area contributed by atoms with E-state index in [4.69, 9.17) is 10.5 Å². The number of carbonyl (C=O) groups is 1. The van der Waals surface area contributed by atoms with Crippen LogP contribution < -0.4 is 15.4 Å². The van der Waals surface area contributed by atoms with Gasteiger partial charge in [-0.2, -0.15) is 23.4 Å². The van der Waals surface area contributed by atoms with Crippen molar-refractivity contribution in [3.05, 3.63) is 58.5 Å². The summed E-state index contributed by atoms with van der Waals surface area (Å²) in [6.45, 7) is 3.32. The number of anilines is 1. The van der Waals surface area contributed by atoms with E-state index in [-0.39, 0.29) is 5.56 Å². The number of benzene rings is 1. The van der Waals surface area contributed by atoms with Gasteiger partial charge in [-0.25, -0.2) is 9.78 Å².